The Labute approximate surface area is 104 Å². The van der Waals surface area contributed by atoms with E-state index in [4.69, 9.17) is 4.74 Å². The predicted molar refractivity (Wildman–Crippen MR) is 67.6 cm³/mol. The van der Waals surface area contributed by atoms with Crippen molar-refractivity contribution < 1.29 is 14.3 Å². The molecule has 0 aromatic carbocycles. The van der Waals surface area contributed by atoms with Gasteiger partial charge in [0.05, 0.1) is 0 Å². The second-order valence-corrected chi connectivity index (χ2v) is 5.17. The van der Waals surface area contributed by atoms with Gasteiger partial charge in [0, 0.05) is 6.42 Å². The summed E-state index contributed by atoms with van der Waals surface area (Å²) in [6.45, 7) is 7.50. The molecule has 0 rings (SSSR count). The summed E-state index contributed by atoms with van der Waals surface area (Å²) in [5.41, 5.74) is -0.497. The van der Waals surface area contributed by atoms with Crippen LogP contribution >= 0.6 is 0 Å². The van der Waals surface area contributed by atoms with E-state index in [0.717, 1.165) is 25.7 Å². The van der Waals surface area contributed by atoms with Gasteiger partial charge in [-0.3, -0.25) is 9.59 Å². The number of carbonyl (C=O) groups is 2. The molecule has 0 saturated heterocycles. The molecule has 0 heterocycles. The number of ether oxygens (including phenoxy) is 1. The summed E-state index contributed by atoms with van der Waals surface area (Å²) in [5.74, 6) is -0.466. The van der Waals surface area contributed by atoms with Crippen molar-refractivity contribution in [1.29, 1.82) is 0 Å². The van der Waals surface area contributed by atoms with Crippen LogP contribution in [0.2, 0.25) is 0 Å². The fourth-order valence-electron chi connectivity index (χ4n) is 1.35. The van der Waals surface area contributed by atoms with Crippen molar-refractivity contribution in [3.05, 3.63) is 0 Å². The van der Waals surface area contributed by atoms with Gasteiger partial charge < -0.3 is 10.1 Å². The summed E-state index contributed by atoms with van der Waals surface area (Å²) in [7, 11) is 0. The number of hydrogen-bond acceptors (Lipinski definition) is 3. The van der Waals surface area contributed by atoms with Gasteiger partial charge in [0.1, 0.15) is 12.1 Å². The van der Waals surface area contributed by atoms with Gasteiger partial charge in [-0.15, -0.1) is 0 Å². The second kappa shape index (κ2) is 8.09. The van der Waals surface area contributed by atoms with E-state index in [9.17, 15) is 9.59 Å². The molecule has 0 aliphatic carbocycles. The molecule has 0 unspecified atom stereocenters. The molecular formula is C13H25NO3. The van der Waals surface area contributed by atoms with Crippen molar-refractivity contribution >= 4 is 11.9 Å². The Hall–Kier alpha value is -1.06. The van der Waals surface area contributed by atoms with Gasteiger partial charge in [-0.05, 0) is 27.2 Å². The van der Waals surface area contributed by atoms with Crippen LogP contribution in [-0.4, -0.2) is 24.0 Å². The lowest BCUT2D eigenvalue weighted by atomic mass is 10.1. The Morgan fingerprint density at radius 2 is 1.76 bits per heavy atom. The molecular weight excluding hydrogens is 218 g/mol. The minimum atomic E-state index is -0.497. The van der Waals surface area contributed by atoms with E-state index in [1.165, 1.54) is 0 Å². The van der Waals surface area contributed by atoms with E-state index < -0.39 is 5.60 Å². The maximum absolute atomic E-state index is 11.4. The molecule has 0 fully saturated rings. The van der Waals surface area contributed by atoms with E-state index in [1.54, 1.807) is 20.8 Å². The predicted octanol–water partition coefficient (Wildman–Crippen LogP) is 2.41. The molecule has 100 valence electrons. The number of nitrogens with one attached hydrogen (secondary N) is 1. The zero-order chi connectivity index (χ0) is 13.3. The fourth-order valence-corrected chi connectivity index (χ4v) is 1.35. The molecule has 0 spiro atoms. The van der Waals surface area contributed by atoms with Crippen molar-refractivity contribution in [2.45, 2.75) is 65.4 Å². The lowest BCUT2D eigenvalue weighted by Gasteiger charge is -2.19. The zero-order valence-corrected chi connectivity index (χ0v) is 11.5. The molecule has 0 aromatic rings. The molecule has 0 aliphatic rings. The van der Waals surface area contributed by atoms with Gasteiger partial charge in [-0.1, -0.05) is 26.2 Å². The van der Waals surface area contributed by atoms with E-state index in [0.29, 0.717) is 6.42 Å². The Morgan fingerprint density at radius 1 is 1.12 bits per heavy atom. The van der Waals surface area contributed by atoms with Gasteiger partial charge in [-0.25, -0.2) is 0 Å². The second-order valence-electron chi connectivity index (χ2n) is 5.17. The minimum Gasteiger partial charge on any atom is -0.459 e. The minimum absolute atomic E-state index is 0.0378. The maximum Gasteiger partial charge on any atom is 0.325 e. The van der Waals surface area contributed by atoms with Crippen molar-refractivity contribution in [1.82, 2.24) is 5.32 Å². The van der Waals surface area contributed by atoms with Crippen LogP contribution in [0.25, 0.3) is 0 Å². The summed E-state index contributed by atoms with van der Waals surface area (Å²) in [5, 5.41) is 2.57. The van der Waals surface area contributed by atoms with E-state index in [2.05, 4.69) is 12.2 Å². The van der Waals surface area contributed by atoms with Crippen LogP contribution in [0.1, 0.15) is 59.8 Å². The summed E-state index contributed by atoms with van der Waals surface area (Å²) in [6, 6.07) is 0. The molecule has 0 atom stereocenters. The summed E-state index contributed by atoms with van der Waals surface area (Å²) >= 11 is 0. The third kappa shape index (κ3) is 11.2. The highest BCUT2D eigenvalue weighted by atomic mass is 16.6. The topological polar surface area (TPSA) is 55.4 Å². The molecule has 0 aromatic heterocycles. The number of rotatable bonds is 7. The number of unbranched alkanes of at least 4 members (excludes halogenated alkanes) is 3. The van der Waals surface area contributed by atoms with Gasteiger partial charge in [-0.2, -0.15) is 0 Å². The Balaban J connectivity index is 3.59. The molecule has 0 saturated carbocycles. The maximum atomic E-state index is 11.4. The van der Waals surface area contributed by atoms with Crippen molar-refractivity contribution in [3.8, 4) is 0 Å². The highest BCUT2D eigenvalue weighted by Gasteiger charge is 2.16. The van der Waals surface area contributed by atoms with Crippen LogP contribution in [0.5, 0.6) is 0 Å². The average molecular weight is 243 g/mol. The van der Waals surface area contributed by atoms with Gasteiger partial charge in [0.2, 0.25) is 5.91 Å². The molecule has 0 bridgehead atoms. The average Bonchev–Trinajstić information content (AvgIpc) is 2.19. The lowest BCUT2D eigenvalue weighted by Crippen LogP contribution is -2.34. The monoisotopic (exact) mass is 243 g/mol. The number of carbonyl (C=O) groups excluding carboxylic acids is 2. The Kier molecular flexibility index (Phi) is 7.59. The molecule has 0 aliphatic heterocycles. The number of esters is 1. The Bertz CT molecular complexity index is 244. The third-order valence-electron chi connectivity index (χ3n) is 2.11. The van der Waals surface area contributed by atoms with Gasteiger partial charge >= 0.3 is 5.97 Å². The van der Waals surface area contributed by atoms with E-state index in [1.807, 2.05) is 0 Å². The SMILES string of the molecule is CCCCCCC(=O)NCC(=O)OC(C)(C)C. The molecule has 17 heavy (non-hydrogen) atoms. The molecule has 4 heteroatoms. The largest absolute Gasteiger partial charge is 0.459 e. The Morgan fingerprint density at radius 3 is 2.29 bits per heavy atom. The quantitative estimate of drug-likeness (QED) is 0.552. The van der Waals surface area contributed by atoms with E-state index >= 15 is 0 Å². The fraction of sp³-hybridized carbons (Fsp3) is 0.846. The first-order chi connectivity index (χ1) is 7.85. The van der Waals surface area contributed by atoms with Crippen LogP contribution in [0.3, 0.4) is 0 Å². The highest BCUT2D eigenvalue weighted by molar-refractivity contribution is 5.81. The standard InChI is InChI=1S/C13H25NO3/c1-5-6-7-8-9-11(15)14-10-12(16)17-13(2,3)4/h5-10H2,1-4H3,(H,14,15). The van der Waals surface area contributed by atoms with Crippen LogP contribution in [0.4, 0.5) is 0 Å². The third-order valence-corrected chi connectivity index (χ3v) is 2.11. The number of hydrogen-bond donors (Lipinski definition) is 1. The first-order valence-electron chi connectivity index (χ1n) is 6.33. The lowest BCUT2D eigenvalue weighted by molar-refractivity contribution is -0.154. The van der Waals surface area contributed by atoms with Gasteiger partial charge in [0.15, 0.2) is 0 Å². The molecule has 0 radical (unpaired) electrons. The molecule has 4 nitrogen and oxygen atoms in total. The first-order valence-corrected chi connectivity index (χ1v) is 6.33. The van der Waals surface area contributed by atoms with Crippen LogP contribution in [0.15, 0.2) is 0 Å². The van der Waals surface area contributed by atoms with Crippen molar-refractivity contribution in [2.24, 2.45) is 0 Å². The summed E-state index contributed by atoms with van der Waals surface area (Å²) in [4.78, 5) is 22.7. The first kappa shape index (κ1) is 15.9. The van der Waals surface area contributed by atoms with E-state index in [-0.39, 0.29) is 18.4 Å². The summed E-state index contributed by atoms with van der Waals surface area (Å²) in [6.07, 6.45) is 4.74. The zero-order valence-electron chi connectivity index (χ0n) is 11.5. The van der Waals surface area contributed by atoms with Crippen LogP contribution in [0, 0.1) is 0 Å². The van der Waals surface area contributed by atoms with Crippen molar-refractivity contribution in [3.63, 3.8) is 0 Å². The normalized spacial score (nSPS) is 11.1. The van der Waals surface area contributed by atoms with Gasteiger partial charge in [0.25, 0.3) is 0 Å². The highest BCUT2D eigenvalue weighted by Crippen LogP contribution is 2.06. The van der Waals surface area contributed by atoms with Crippen LogP contribution < -0.4 is 5.32 Å². The summed E-state index contributed by atoms with van der Waals surface area (Å²) < 4.78 is 5.08. The smallest absolute Gasteiger partial charge is 0.325 e. The molecule has 1 N–H and O–H groups in total. The number of amides is 1. The molecule has 1 amide bonds. The van der Waals surface area contributed by atoms with Crippen molar-refractivity contribution in [2.75, 3.05) is 6.54 Å². The van der Waals surface area contributed by atoms with Crippen LogP contribution in [-0.2, 0) is 14.3 Å².